The Morgan fingerprint density at radius 3 is 2.38 bits per heavy atom. The van der Waals surface area contributed by atoms with Gasteiger partial charge in [-0.2, -0.15) is 0 Å². The first kappa shape index (κ1) is 19.6. The van der Waals surface area contributed by atoms with Crippen LogP contribution in [-0.2, 0) is 9.59 Å². The Balaban J connectivity index is 1.85. The molecule has 7 heteroatoms. The number of carbonyl (C=O) groups excluding carboxylic acids is 2. The number of halogens is 1. The number of anilines is 1. The molecule has 0 fully saturated rings. The average Bonchev–Trinajstić information content (AvgIpc) is 2.64. The van der Waals surface area contributed by atoms with Crippen LogP contribution in [0, 0.1) is 0 Å². The van der Waals surface area contributed by atoms with E-state index in [1.807, 2.05) is 6.07 Å². The van der Waals surface area contributed by atoms with Crippen molar-refractivity contribution < 1.29 is 19.1 Å². The van der Waals surface area contributed by atoms with E-state index < -0.39 is 0 Å². The molecule has 0 aromatic heterocycles. The standard InChI is InChI=1S/C19H21ClN2O4/c1-14(23)22(16-8-4-3-7-15(16)20)12-11-21-19(24)13-26-18-10-6-5-9-17(18)25-2/h3-10H,11-13H2,1-2H3,(H,21,24). The predicted octanol–water partition coefficient (Wildman–Crippen LogP) is 2.90. The normalized spacial score (nSPS) is 10.1. The Bertz CT molecular complexity index is 767. The minimum atomic E-state index is -0.293. The molecule has 2 rings (SSSR count). The summed E-state index contributed by atoms with van der Waals surface area (Å²) in [6, 6.07) is 14.2. The number of nitrogens with one attached hydrogen (secondary N) is 1. The second-order valence-electron chi connectivity index (χ2n) is 5.41. The minimum absolute atomic E-state index is 0.146. The molecule has 6 nitrogen and oxygen atoms in total. The molecule has 0 saturated heterocycles. The third kappa shape index (κ3) is 5.39. The van der Waals surface area contributed by atoms with Crippen LogP contribution < -0.4 is 19.7 Å². The van der Waals surface area contributed by atoms with E-state index in [0.29, 0.717) is 28.8 Å². The molecule has 0 aliphatic rings. The van der Waals surface area contributed by atoms with Crippen molar-refractivity contribution in [2.75, 3.05) is 31.7 Å². The van der Waals surface area contributed by atoms with E-state index in [2.05, 4.69) is 5.32 Å². The van der Waals surface area contributed by atoms with Crippen LogP contribution in [0.25, 0.3) is 0 Å². The zero-order valence-corrected chi connectivity index (χ0v) is 15.5. The highest BCUT2D eigenvalue weighted by molar-refractivity contribution is 6.33. The second kappa shape index (κ2) is 9.68. The summed E-state index contributed by atoms with van der Waals surface area (Å²) < 4.78 is 10.6. The second-order valence-corrected chi connectivity index (χ2v) is 5.82. The molecule has 2 aromatic carbocycles. The van der Waals surface area contributed by atoms with Crippen molar-refractivity contribution in [1.29, 1.82) is 0 Å². The quantitative estimate of drug-likeness (QED) is 0.769. The Kier molecular flexibility index (Phi) is 7.29. The fraction of sp³-hybridized carbons (Fsp3) is 0.263. The van der Waals surface area contributed by atoms with Gasteiger partial charge in [-0.3, -0.25) is 9.59 Å². The average molecular weight is 377 g/mol. The van der Waals surface area contributed by atoms with Crippen molar-refractivity contribution >= 4 is 29.1 Å². The van der Waals surface area contributed by atoms with Gasteiger partial charge in [-0.1, -0.05) is 35.9 Å². The molecule has 0 atom stereocenters. The smallest absolute Gasteiger partial charge is 0.258 e. The summed E-state index contributed by atoms with van der Waals surface area (Å²) in [5.41, 5.74) is 0.612. The number of nitrogens with zero attached hydrogens (tertiary/aromatic N) is 1. The SMILES string of the molecule is COc1ccccc1OCC(=O)NCCN(C(C)=O)c1ccccc1Cl. The lowest BCUT2D eigenvalue weighted by atomic mass is 10.3. The number of ether oxygens (including phenoxy) is 2. The number of hydrogen-bond acceptors (Lipinski definition) is 4. The predicted molar refractivity (Wildman–Crippen MR) is 101 cm³/mol. The zero-order valence-electron chi connectivity index (χ0n) is 14.7. The Hall–Kier alpha value is -2.73. The zero-order chi connectivity index (χ0) is 18.9. The summed E-state index contributed by atoms with van der Waals surface area (Å²) in [6.45, 7) is 1.89. The van der Waals surface area contributed by atoms with E-state index in [-0.39, 0.29) is 25.0 Å². The van der Waals surface area contributed by atoms with Crippen LogP contribution in [0.15, 0.2) is 48.5 Å². The molecule has 1 N–H and O–H groups in total. The monoisotopic (exact) mass is 376 g/mol. The molecule has 0 aliphatic carbocycles. The maximum atomic E-state index is 12.0. The van der Waals surface area contributed by atoms with Crippen molar-refractivity contribution in [2.45, 2.75) is 6.92 Å². The molecule has 26 heavy (non-hydrogen) atoms. The van der Waals surface area contributed by atoms with E-state index >= 15 is 0 Å². The van der Waals surface area contributed by atoms with Crippen LogP contribution >= 0.6 is 11.6 Å². The van der Waals surface area contributed by atoms with Crippen molar-refractivity contribution in [2.24, 2.45) is 0 Å². The number of methoxy groups -OCH3 is 1. The number of benzene rings is 2. The van der Waals surface area contributed by atoms with Crippen LogP contribution in [0.4, 0.5) is 5.69 Å². The molecule has 0 heterocycles. The van der Waals surface area contributed by atoms with Crippen LogP contribution in [0.2, 0.25) is 5.02 Å². The Morgan fingerprint density at radius 2 is 1.73 bits per heavy atom. The van der Waals surface area contributed by atoms with Gasteiger partial charge in [0, 0.05) is 20.0 Å². The highest BCUT2D eigenvalue weighted by Gasteiger charge is 2.14. The topological polar surface area (TPSA) is 67.9 Å². The third-order valence-electron chi connectivity index (χ3n) is 3.61. The number of carbonyl (C=O) groups is 2. The van der Waals surface area contributed by atoms with E-state index in [1.54, 1.807) is 42.5 Å². The van der Waals surface area contributed by atoms with Gasteiger partial charge < -0.3 is 19.7 Å². The molecule has 0 unspecified atom stereocenters. The Labute approximate surface area is 157 Å². The molecule has 0 aliphatic heterocycles. The van der Waals surface area contributed by atoms with Crippen molar-refractivity contribution in [3.05, 3.63) is 53.6 Å². The van der Waals surface area contributed by atoms with Crippen molar-refractivity contribution in [3.8, 4) is 11.5 Å². The number of amides is 2. The van der Waals surface area contributed by atoms with Gasteiger partial charge in [-0.25, -0.2) is 0 Å². The number of hydrogen-bond donors (Lipinski definition) is 1. The van der Waals surface area contributed by atoms with Gasteiger partial charge in [0.05, 0.1) is 17.8 Å². The number of para-hydroxylation sites is 3. The molecule has 0 saturated carbocycles. The van der Waals surface area contributed by atoms with E-state index in [4.69, 9.17) is 21.1 Å². The van der Waals surface area contributed by atoms with E-state index in [9.17, 15) is 9.59 Å². The summed E-state index contributed by atoms with van der Waals surface area (Å²) in [6.07, 6.45) is 0. The summed E-state index contributed by atoms with van der Waals surface area (Å²) >= 11 is 6.14. The lowest BCUT2D eigenvalue weighted by Crippen LogP contribution is -2.39. The van der Waals surface area contributed by atoms with Crippen molar-refractivity contribution in [1.82, 2.24) is 5.32 Å². The lowest BCUT2D eigenvalue weighted by Gasteiger charge is -2.22. The highest BCUT2D eigenvalue weighted by Crippen LogP contribution is 2.26. The highest BCUT2D eigenvalue weighted by atomic mass is 35.5. The van der Waals surface area contributed by atoms with Crippen LogP contribution in [-0.4, -0.2) is 38.6 Å². The first-order valence-corrected chi connectivity index (χ1v) is 8.46. The maximum absolute atomic E-state index is 12.0. The minimum Gasteiger partial charge on any atom is -0.493 e. The van der Waals surface area contributed by atoms with Crippen molar-refractivity contribution in [3.63, 3.8) is 0 Å². The fourth-order valence-electron chi connectivity index (χ4n) is 2.36. The summed E-state index contributed by atoms with van der Waals surface area (Å²) in [4.78, 5) is 25.4. The Morgan fingerprint density at radius 1 is 1.08 bits per heavy atom. The van der Waals surface area contributed by atoms with E-state index in [1.165, 1.54) is 18.9 Å². The number of rotatable bonds is 8. The largest absolute Gasteiger partial charge is 0.493 e. The van der Waals surface area contributed by atoms with Gasteiger partial charge in [0.15, 0.2) is 18.1 Å². The van der Waals surface area contributed by atoms with Gasteiger partial charge >= 0.3 is 0 Å². The van der Waals surface area contributed by atoms with Gasteiger partial charge in [0.25, 0.3) is 5.91 Å². The molecule has 0 radical (unpaired) electrons. The fourth-order valence-corrected chi connectivity index (χ4v) is 2.60. The molecule has 0 bridgehead atoms. The van der Waals surface area contributed by atoms with Crippen LogP contribution in [0.5, 0.6) is 11.5 Å². The van der Waals surface area contributed by atoms with Crippen LogP contribution in [0.1, 0.15) is 6.92 Å². The molecule has 138 valence electrons. The summed E-state index contributed by atoms with van der Waals surface area (Å²) in [5.74, 6) is 0.601. The summed E-state index contributed by atoms with van der Waals surface area (Å²) in [5, 5.41) is 3.20. The maximum Gasteiger partial charge on any atom is 0.258 e. The van der Waals surface area contributed by atoms with Gasteiger partial charge in [0.1, 0.15) is 0 Å². The van der Waals surface area contributed by atoms with E-state index in [0.717, 1.165) is 0 Å². The van der Waals surface area contributed by atoms with Gasteiger partial charge in [0.2, 0.25) is 5.91 Å². The van der Waals surface area contributed by atoms with Gasteiger partial charge in [-0.05, 0) is 24.3 Å². The van der Waals surface area contributed by atoms with Gasteiger partial charge in [-0.15, -0.1) is 0 Å². The molecular formula is C19H21ClN2O4. The molecule has 2 aromatic rings. The molecule has 0 spiro atoms. The third-order valence-corrected chi connectivity index (χ3v) is 3.93. The molecular weight excluding hydrogens is 356 g/mol. The first-order chi connectivity index (χ1) is 12.5. The summed E-state index contributed by atoms with van der Waals surface area (Å²) in [7, 11) is 1.54. The van der Waals surface area contributed by atoms with Crippen LogP contribution in [0.3, 0.4) is 0 Å². The first-order valence-electron chi connectivity index (χ1n) is 8.08. The lowest BCUT2D eigenvalue weighted by molar-refractivity contribution is -0.123. The molecule has 2 amide bonds.